The maximum absolute atomic E-state index is 13.2. The Hall–Kier alpha value is -4.14. The summed E-state index contributed by atoms with van der Waals surface area (Å²) in [5.41, 5.74) is 4.81. The number of likely N-dealkylation sites (N-methyl/N-ethyl adjacent to an activating group) is 1. The van der Waals surface area contributed by atoms with E-state index in [1.54, 1.807) is 20.2 Å². The van der Waals surface area contributed by atoms with Crippen molar-refractivity contribution in [3.8, 4) is 11.1 Å². The van der Waals surface area contributed by atoms with E-state index in [0.29, 0.717) is 5.56 Å². The summed E-state index contributed by atoms with van der Waals surface area (Å²) in [7, 11) is 3.10. The zero-order chi connectivity index (χ0) is 25.1. The van der Waals surface area contributed by atoms with Crippen molar-refractivity contribution in [3.05, 3.63) is 77.6 Å². The first-order valence-corrected chi connectivity index (χ1v) is 11.4. The predicted octanol–water partition coefficient (Wildman–Crippen LogP) is 3.32. The van der Waals surface area contributed by atoms with Crippen molar-refractivity contribution in [3.63, 3.8) is 0 Å². The van der Waals surface area contributed by atoms with Crippen LogP contribution >= 0.6 is 0 Å². The van der Waals surface area contributed by atoms with Crippen LogP contribution in [0.4, 0.5) is 4.79 Å². The average molecular weight is 477 g/mol. The summed E-state index contributed by atoms with van der Waals surface area (Å²) in [5.74, 6) is -1.81. The number of carboxylic acid groups (broad SMARTS) is 1. The highest BCUT2D eigenvalue weighted by Gasteiger charge is 2.34. The van der Waals surface area contributed by atoms with Gasteiger partial charge < -0.3 is 20.1 Å². The molecule has 0 aliphatic heterocycles. The van der Waals surface area contributed by atoms with E-state index in [4.69, 9.17) is 4.74 Å². The van der Waals surface area contributed by atoms with Gasteiger partial charge in [0.05, 0.1) is 6.20 Å². The van der Waals surface area contributed by atoms with E-state index < -0.39 is 30.1 Å². The lowest BCUT2D eigenvalue weighted by molar-refractivity contribution is -0.150. The summed E-state index contributed by atoms with van der Waals surface area (Å²) >= 11 is 0. The lowest BCUT2D eigenvalue weighted by atomic mass is 9.98. The van der Waals surface area contributed by atoms with Gasteiger partial charge in [0, 0.05) is 31.8 Å². The number of benzene rings is 2. The van der Waals surface area contributed by atoms with Crippen LogP contribution in [-0.2, 0) is 21.4 Å². The molecule has 0 fully saturated rings. The van der Waals surface area contributed by atoms with E-state index >= 15 is 0 Å². The number of alkyl carbamates (subject to hydrolysis) is 1. The second-order valence-corrected chi connectivity index (χ2v) is 8.56. The molecule has 4 rings (SSSR count). The number of ether oxygens (including phenoxy) is 1. The Morgan fingerprint density at radius 3 is 2.23 bits per heavy atom. The predicted molar refractivity (Wildman–Crippen MR) is 129 cm³/mol. The minimum absolute atomic E-state index is 0.0936. The highest BCUT2D eigenvalue weighted by molar-refractivity contribution is 5.90. The van der Waals surface area contributed by atoms with Crippen LogP contribution in [-0.4, -0.2) is 57.5 Å². The molecule has 0 bridgehead atoms. The van der Waals surface area contributed by atoms with E-state index in [1.165, 1.54) is 17.9 Å². The normalized spacial score (nSPS) is 13.9. The Balaban J connectivity index is 1.51. The highest BCUT2D eigenvalue weighted by Crippen LogP contribution is 2.44. The number of aromatic nitrogens is 2. The molecule has 3 aromatic rings. The van der Waals surface area contributed by atoms with Gasteiger partial charge in [0.2, 0.25) is 0 Å². The average Bonchev–Trinajstić information content (AvgIpc) is 3.42. The molecule has 0 radical (unpaired) electrons. The first kappa shape index (κ1) is 24.0. The summed E-state index contributed by atoms with van der Waals surface area (Å²) in [6.45, 7) is 1.77. The van der Waals surface area contributed by atoms with Crippen LogP contribution in [0.25, 0.3) is 11.1 Å². The molecular formula is C26H28N4O5. The minimum Gasteiger partial charge on any atom is -0.480 e. The van der Waals surface area contributed by atoms with Crippen LogP contribution in [0.3, 0.4) is 0 Å². The van der Waals surface area contributed by atoms with Crippen molar-refractivity contribution in [2.45, 2.75) is 31.3 Å². The van der Waals surface area contributed by atoms with Gasteiger partial charge in [0.1, 0.15) is 18.7 Å². The Bertz CT molecular complexity index is 1210. The quantitative estimate of drug-likeness (QED) is 0.516. The second-order valence-electron chi connectivity index (χ2n) is 8.56. The topological polar surface area (TPSA) is 114 Å². The molecule has 1 aliphatic carbocycles. The Morgan fingerprint density at radius 1 is 1.11 bits per heavy atom. The van der Waals surface area contributed by atoms with Crippen molar-refractivity contribution < 1.29 is 24.2 Å². The monoisotopic (exact) mass is 476 g/mol. The number of nitrogens with zero attached hydrogens (tertiary/aromatic N) is 3. The van der Waals surface area contributed by atoms with E-state index in [1.807, 2.05) is 48.5 Å². The summed E-state index contributed by atoms with van der Waals surface area (Å²) in [6, 6.07) is 13.9. The Morgan fingerprint density at radius 2 is 1.71 bits per heavy atom. The molecular weight excluding hydrogens is 448 g/mol. The van der Waals surface area contributed by atoms with E-state index in [-0.39, 0.29) is 18.9 Å². The number of aliphatic carboxylic acids is 1. The maximum Gasteiger partial charge on any atom is 0.408 e. The van der Waals surface area contributed by atoms with Gasteiger partial charge in [-0.15, -0.1) is 0 Å². The lowest BCUT2D eigenvalue weighted by Crippen LogP contribution is -2.48. The van der Waals surface area contributed by atoms with Crippen molar-refractivity contribution in [2.24, 2.45) is 7.05 Å². The van der Waals surface area contributed by atoms with Crippen molar-refractivity contribution in [1.29, 1.82) is 0 Å². The number of carboxylic acids is 1. The number of fused-ring (bicyclic) bond motifs is 3. The standard InChI is InChI=1S/C26H28N4O5/c1-4-22(25(32)33)30(3)24(31)23(16-13-27-29(2)14-16)28-26(34)35-15-21-19-11-7-5-9-17(19)18-10-6-8-12-20(18)21/h5-14,21-23H,4,15H2,1-3H3,(H,28,34)(H,32,33). The Kier molecular flexibility index (Phi) is 6.86. The number of aryl methyl sites for hydroxylation is 1. The van der Waals surface area contributed by atoms with E-state index in [0.717, 1.165) is 27.2 Å². The summed E-state index contributed by atoms with van der Waals surface area (Å²) in [6.07, 6.45) is 2.51. The first-order valence-electron chi connectivity index (χ1n) is 11.4. The fraction of sp³-hybridized carbons (Fsp3) is 0.308. The van der Waals surface area contributed by atoms with Crippen LogP contribution < -0.4 is 5.32 Å². The van der Waals surface area contributed by atoms with Crippen LogP contribution in [0.1, 0.15) is 42.0 Å². The van der Waals surface area contributed by atoms with Gasteiger partial charge in [-0.25, -0.2) is 9.59 Å². The SMILES string of the molecule is CCC(C(=O)O)N(C)C(=O)C(NC(=O)OCC1c2ccccc2-c2ccccc21)c1cnn(C)c1. The molecule has 2 amide bonds. The third-order valence-electron chi connectivity index (χ3n) is 6.40. The third kappa shape index (κ3) is 4.75. The number of carbonyl (C=O) groups excluding carboxylic acids is 2. The zero-order valence-corrected chi connectivity index (χ0v) is 19.8. The van der Waals surface area contributed by atoms with Gasteiger partial charge in [0.25, 0.3) is 5.91 Å². The van der Waals surface area contributed by atoms with Crippen LogP contribution in [0.15, 0.2) is 60.9 Å². The molecule has 9 heteroatoms. The fourth-order valence-corrected chi connectivity index (χ4v) is 4.61. The van der Waals surface area contributed by atoms with E-state index in [9.17, 15) is 19.5 Å². The second kappa shape index (κ2) is 10.0. The summed E-state index contributed by atoms with van der Waals surface area (Å²) in [5, 5.41) is 16.2. The number of hydrogen-bond acceptors (Lipinski definition) is 5. The molecule has 2 unspecified atom stereocenters. The third-order valence-corrected chi connectivity index (χ3v) is 6.40. The van der Waals surface area contributed by atoms with Gasteiger partial charge in [-0.2, -0.15) is 5.10 Å². The zero-order valence-electron chi connectivity index (χ0n) is 19.8. The number of rotatable bonds is 8. The van der Waals surface area contributed by atoms with E-state index in [2.05, 4.69) is 10.4 Å². The van der Waals surface area contributed by atoms with Crippen LogP contribution in [0.5, 0.6) is 0 Å². The molecule has 0 saturated carbocycles. The van der Waals surface area contributed by atoms with Gasteiger partial charge in [-0.3, -0.25) is 9.48 Å². The summed E-state index contributed by atoms with van der Waals surface area (Å²) in [4.78, 5) is 38.8. The smallest absolute Gasteiger partial charge is 0.408 e. The molecule has 0 spiro atoms. The van der Waals surface area contributed by atoms with Crippen molar-refractivity contribution in [1.82, 2.24) is 20.0 Å². The van der Waals surface area contributed by atoms with Crippen molar-refractivity contribution in [2.75, 3.05) is 13.7 Å². The molecule has 182 valence electrons. The molecule has 35 heavy (non-hydrogen) atoms. The molecule has 9 nitrogen and oxygen atoms in total. The lowest BCUT2D eigenvalue weighted by Gasteiger charge is -2.28. The van der Waals surface area contributed by atoms with Gasteiger partial charge in [-0.05, 0) is 28.7 Å². The van der Waals surface area contributed by atoms with Gasteiger partial charge in [-0.1, -0.05) is 55.5 Å². The first-order chi connectivity index (χ1) is 16.8. The molecule has 1 aliphatic rings. The van der Waals surface area contributed by atoms with Crippen LogP contribution in [0.2, 0.25) is 0 Å². The number of amides is 2. The van der Waals surface area contributed by atoms with Crippen molar-refractivity contribution >= 4 is 18.0 Å². The molecule has 1 heterocycles. The fourth-order valence-electron chi connectivity index (χ4n) is 4.61. The number of hydrogen-bond donors (Lipinski definition) is 2. The molecule has 1 aromatic heterocycles. The molecule has 2 N–H and O–H groups in total. The summed E-state index contributed by atoms with van der Waals surface area (Å²) < 4.78 is 7.10. The van der Waals surface area contributed by atoms with Gasteiger partial charge in [0.15, 0.2) is 0 Å². The number of carbonyl (C=O) groups is 3. The minimum atomic E-state index is -1.14. The molecule has 2 aromatic carbocycles. The maximum atomic E-state index is 13.2. The van der Waals surface area contributed by atoms with Gasteiger partial charge >= 0.3 is 12.1 Å². The molecule has 0 saturated heterocycles. The highest BCUT2D eigenvalue weighted by atomic mass is 16.5. The number of nitrogens with one attached hydrogen (secondary N) is 1. The molecule has 2 atom stereocenters. The van der Waals surface area contributed by atoms with Crippen LogP contribution in [0, 0.1) is 0 Å². The largest absolute Gasteiger partial charge is 0.480 e. The Labute approximate surface area is 203 Å².